The molecule has 1 fully saturated rings. The molecule has 0 radical (unpaired) electrons. The number of ether oxygens (including phenoxy) is 2. The number of rotatable bonds is 6. The molecule has 0 aliphatic carbocycles. The summed E-state index contributed by atoms with van der Waals surface area (Å²) in [6.45, 7) is 2.84. The number of methoxy groups -OCH3 is 2. The monoisotopic (exact) mass is 390 g/mol. The van der Waals surface area contributed by atoms with E-state index in [2.05, 4.69) is 4.90 Å². The maximum atomic E-state index is 13.0. The standard InChI is InChI=1S/C20H23FN2O3S/c1-25-18-8-7-17(13-19(18)26-2)27-14-20(24)23-11-9-22(10-12-23)16-5-3-15(21)4-6-16/h3-8,13H,9-12,14H2,1-2H3. The Kier molecular flexibility index (Phi) is 6.45. The summed E-state index contributed by atoms with van der Waals surface area (Å²) in [5.41, 5.74) is 0.989. The molecule has 1 aliphatic heterocycles. The van der Waals surface area contributed by atoms with Crippen LogP contribution in [0.1, 0.15) is 0 Å². The minimum atomic E-state index is -0.236. The van der Waals surface area contributed by atoms with Crippen molar-refractivity contribution in [3.05, 3.63) is 48.3 Å². The van der Waals surface area contributed by atoms with Gasteiger partial charge in [-0.1, -0.05) is 0 Å². The Bertz CT molecular complexity index is 777. The lowest BCUT2D eigenvalue weighted by Crippen LogP contribution is -2.49. The normalized spacial score (nSPS) is 14.2. The molecule has 3 rings (SSSR count). The van der Waals surface area contributed by atoms with Gasteiger partial charge < -0.3 is 19.3 Å². The number of halogens is 1. The van der Waals surface area contributed by atoms with Crippen molar-refractivity contribution in [2.75, 3.05) is 51.1 Å². The Morgan fingerprint density at radius 3 is 2.30 bits per heavy atom. The zero-order valence-electron chi connectivity index (χ0n) is 15.5. The molecule has 7 heteroatoms. The Labute approximate surface area is 163 Å². The Morgan fingerprint density at radius 2 is 1.67 bits per heavy atom. The summed E-state index contributed by atoms with van der Waals surface area (Å²) in [7, 11) is 3.19. The molecule has 1 amide bonds. The van der Waals surface area contributed by atoms with Gasteiger partial charge in [0, 0.05) is 36.8 Å². The van der Waals surface area contributed by atoms with Crippen LogP contribution in [-0.2, 0) is 4.79 Å². The predicted molar refractivity (Wildman–Crippen MR) is 105 cm³/mol. The van der Waals surface area contributed by atoms with Crippen LogP contribution in [0.5, 0.6) is 11.5 Å². The van der Waals surface area contributed by atoms with Crippen molar-refractivity contribution in [1.82, 2.24) is 4.90 Å². The van der Waals surface area contributed by atoms with E-state index in [1.807, 2.05) is 23.1 Å². The molecule has 0 aromatic heterocycles. The molecule has 27 heavy (non-hydrogen) atoms. The molecule has 0 bridgehead atoms. The minimum Gasteiger partial charge on any atom is -0.493 e. The van der Waals surface area contributed by atoms with Gasteiger partial charge in [0.15, 0.2) is 11.5 Å². The average molecular weight is 390 g/mol. The topological polar surface area (TPSA) is 42.0 Å². The zero-order valence-corrected chi connectivity index (χ0v) is 16.3. The summed E-state index contributed by atoms with van der Waals surface area (Å²) in [6.07, 6.45) is 0. The van der Waals surface area contributed by atoms with E-state index in [4.69, 9.17) is 9.47 Å². The SMILES string of the molecule is COc1ccc(SCC(=O)N2CCN(c3ccc(F)cc3)CC2)cc1OC. The first-order valence-corrected chi connectivity index (χ1v) is 9.72. The fourth-order valence-corrected chi connectivity index (χ4v) is 3.84. The largest absolute Gasteiger partial charge is 0.493 e. The van der Waals surface area contributed by atoms with Crippen LogP contribution in [0.25, 0.3) is 0 Å². The highest BCUT2D eigenvalue weighted by Crippen LogP contribution is 2.32. The lowest BCUT2D eigenvalue weighted by molar-refractivity contribution is -0.128. The van der Waals surface area contributed by atoms with E-state index < -0.39 is 0 Å². The van der Waals surface area contributed by atoms with Crippen LogP contribution in [-0.4, -0.2) is 57.0 Å². The zero-order chi connectivity index (χ0) is 19.2. The molecular formula is C20H23FN2O3S. The molecule has 1 heterocycles. The first kappa shape index (κ1) is 19.4. The molecule has 0 spiro atoms. The smallest absolute Gasteiger partial charge is 0.233 e. The third-order valence-electron chi connectivity index (χ3n) is 4.54. The van der Waals surface area contributed by atoms with Crippen molar-refractivity contribution in [3.63, 3.8) is 0 Å². The highest BCUT2D eigenvalue weighted by molar-refractivity contribution is 8.00. The van der Waals surface area contributed by atoms with Gasteiger partial charge in [0.25, 0.3) is 0 Å². The summed E-state index contributed by atoms with van der Waals surface area (Å²) in [5, 5.41) is 0. The number of hydrogen-bond acceptors (Lipinski definition) is 5. The number of carbonyl (C=O) groups excluding carboxylic acids is 1. The number of piperazine rings is 1. The number of amides is 1. The molecule has 1 aliphatic rings. The third kappa shape index (κ3) is 4.86. The molecule has 2 aromatic carbocycles. The van der Waals surface area contributed by atoms with Gasteiger partial charge in [-0.25, -0.2) is 4.39 Å². The first-order valence-electron chi connectivity index (χ1n) is 8.74. The van der Waals surface area contributed by atoms with E-state index in [0.29, 0.717) is 30.3 Å². The third-order valence-corrected chi connectivity index (χ3v) is 5.52. The maximum absolute atomic E-state index is 13.0. The average Bonchev–Trinajstić information content (AvgIpc) is 2.72. The van der Waals surface area contributed by atoms with Crippen molar-refractivity contribution < 1.29 is 18.7 Å². The number of carbonyl (C=O) groups is 1. The fraction of sp³-hybridized carbons (Fsp3) is 0.350. The van der Waals surface area contributed by atoms with Crippen molar-refractivity contribution in [3.8, 4) is 11.5 Å². The second-order valence-electron chi connectivity index (χ2n) is 6.15. The Hall–Kier alpha value is -2.41. The lowest BCUT2D eigenvalue weighted by atomic mass is 10.2. The molecule has 144 valence electrons. The molecule has 0 unspecified atom stereocenters. The molecule has 0 atom stereocenters. The van der Waals surface area contributed by atoms with Crippen LogP contribution in [0, 0.1) is 5.82 Å². The summed E-state index contributed by atoms with van der Waals surface area (Å²) >= 11 is 1.49. The second-order valence-corrected chi connectivity index (χ2v) is 7.20. The second kappa shape index (κ2) is 8.99. The first-order chi connectivity index (χ1) is 13.1. The Balaban J connectivity index is 1.50. The summed E-state index contributed by atoms with van der Waals surface area (Å²) in [5.74, 6) is 1.59. The van der Waals surface area contributed by atoms with Crippen LogP contribution in [0.3, 0.4) is 0 Å². The molecule has 2 aromatic rings. The number of hydrogen-bond donors (Lipinski definition) is 0. The van der Waals surface area contributed by atoms with E-state index in [1.54, 1.807) is 26.4 Å². The summed E-state index contributed by atoms with van der Waals surface area (Å²) in [4.78, 5) is 17.5. The van der Waals surface area contributed by atoms with Gasteiger partial charge in [-0.05, 0) is 42.5 Å². The van der Waals surface area contributed by atoms with Crippen molar-refractivity contribution in [2.45, 2.75) is 4.90 Å². The van der Waals surface area contributed by atoms with Gasteiger partial charge in [-0.3, -0.25) is 4.79 Å². The van der Waals surface area contributed by atoms with Crippen LogP contribution in [0.4, 0.5) is 10.1 Å². The highest BCUT2D eigenvalue weighted by atomic mass is 32.2. The van der Waals surface area contributed by atoms with Gasteiger partial charge in [0.05, 0.1) is 20.0 Å². The van der Waals surface area contributed by atoms with Crippen LogP contribution < -0.4 is 14.4 Å². The quantitative estimate of drug-likeness (QED) is 0.708. The summed E-state index contributed by atoms with van der Waals surface area (Å²) < 4.78 is 23.6. The summed E-state index contributed by atoms with van der Waals surface area (Å²) in [6, 6.07) is 12.1. The number of thioether (sulfide) groups is 1. The van der Waals surface area contributed by atoms with Gasteiger partial charge in [0.2, 0.25) is 5.91 Å². The van der Waals surface area contributed by atoms with E-state index in [0.717, 1.165) is 23.7 Å². The number of anilines is 1. The number of nitrogens with zero attached hydrogens (tertiary/aromatic N) is 2. The van der Waals surface area contributed by atoms with Crippen molar-refractivity contribution >= 4 is 23.4 Å². The molecular weight excluding hydrogens is 367 g/mol. The minimum absolute atomic E-state index is 0.119. The van der Waals surface area contributed by atoms with Crippen molar-refractivity contribution in [2.24, 2.45) is 0 Å². The van der Waals surface area contributed by atoms with Crippen LogP contribution in [0.2, 0.25) is 0 Å². The molecule has 1 saturated heterocycles. The molecule has 0 saturated carbocycles. The number of benzene rings is 2. The van der Waals surface area contributed by atoms with Gasteiger partial charge >= 0.3 is 0 Å². The fourth-order valence-electron chi connectivity index (χ4n) is 3.01. The van der Waals surface area contributed by atoms with E-state index >= 15 is 0 Å². The van der Waals surface area contributed by atoms with Crippen LogP contribution in [0.15, 0.2) is 47.4 Å². The van der Waals surface area contributed by atoms with Crippen LogP contribution >= 0.6 is 11.8 Å². The van der Waals surface area contributed by atoms with Gasteiger partial charge in [-0.2, -0.15) is 0 Å². The van der Waals surface area contributed by atoms with E-state index in [1.165, 1.54) is 23.9 Å². The van der Waals surface area contributed by atoms with Crippen molar-refractivity contribution in [1.29, 1.82) is 0 Å². The Morgan fingerprint density at radius 1 is 1.00 bits per heavy atom. The van der Waals surface area contributed by atoms with E-state index in [-0.39, 0.29) is 11.7 Å². The predicted octanol–water partition coefficient (Wildman–Crippen LogP) is 3.28. The van der Waals surface area contributed by atoms with Gasteiger partial charge in [-0.15, -0.1) is 11.8 Å². The molecule has 5 nitrogen and oxygen atoms in total. The lowest BCUT2D eigenvalue weighted by Gasteiger charge is -2.36. The highest BCUT2D eigenvalue weighted by Gasteiger charge is 2.21. The van der Waals surface area contributed by atoms with Gasteiger partial charge in [0.1, 0.15) is 5.82 Å². The maximum Gasteiger partial charge on any atom is 0.233 e. The molecule has 0 N–H and O–H groups in total. The van der Waals surface area contributed by atoms with E-state index in [9.17, 15) is 9.18 Å².